The fourth-order valence-corrected chi connectivity index (χ4v) is 4.77. The highest BCUT2D eigenvalue weighted by Gasteiger charge is 2.34. The highest BCUT2D eigenvalue weighted by atomic mass is 16.5. The molecule has 6 nitrogen and oxygen atoms in total. The molecule has 6 heteroatoms. The maximum Gasteiger partial charge on any atom is 0.240 e. The van der Waals surface area contributed by atoms with Crippen molar-refractivity contribution in [1.82, 2.24) is 19.7 Å². The summed E-state index contributed by atoms with van der Waals surface area (Å²) < 4.78 is 7.10. The lowest BCUT2D eigenvalue weighted by Crippen LogP contribution is -2.54. The van der Waals surface area contributed by atoms with Crippen LogP contribution in [0.2, 0.25) is 0 Å². The van der Waals surface area contributed by atoms with Crippen molar-refractivity contribution >= 4 is 16.8 Å². The number of amides is 1. The van der Waals surface area contributed by atoms with Gasteiger partial charge in [-0.25, -0.2) is 0 Å². The lowest BCUT2D eigenvalue weighted by molar-refractivity contribution is -0.121. The summed E-state index contributed by atoms with van der Waals surface area (Å²) in [6.07, 6.45) is 4.84. The van der Waals surface area contributed by atoms with E-state index in [2.05, 4.69) is 51.0 Å². The molecule has 4 rings (SSSR count). The summed E-state index contributed by atoms with van der Waals surface area (Å²) in [5, 5.41) is 4.18. The van der Waals surface area contributed by atoms with E-state index in [0.29, 0.717) is 25.7 Å². The minimum atomic E-state index is 0.0253. The summed E-state index contributed by atoms with van der Waals surface area (Å²) in [5.74, 6) is 0.0253. The maximum absolute atomic E-state index is 12.3. The van der Waals surface area contributed by atoms with Gasteiger partial charge >= 0.3 is 0 Å². The van der Waals surface area contributed by atoms with Crippen molar-refractivity contribution in [3.05, 3.63) is 36.0 Å². The number of fused-ring (bicyclic) bond motifs is 2. The fourth-order valence-electron chi connectivity index (χ4n) is 4.77. The van der Waals surface area contributed by atoms with Crippen LogP contribution in [0.5, 0.6) is 0 Å². The highest BCUT2D eigenvalue weighted by Crippen LogP contribution is 2.28. The summed E-state index contributed by atoms with van der Waals surface area (Å²) in [4.78, 5) is 17.6. The molecule has 2 saturated heterocycles. The van der Waals surface area contributed by atoms with Crippen molar-refractivity contribution in [2.45, 2.75) is 44.9 Å². The van der Waals surface area contributed by atoms with Crippen molar-refractivity contribution in [3.63, 3.8) is 0 Å². The Morgan fingerprint density at radius 2 is 2.14 bits per heavy atom. The van der Waals surface area contributed by atoms with Crippen LogP contribution in [0.25, 0.3) is 10.9 Å². The second kappa shape index (κ2) is 8.64. The Morgan fingerprint density at radius 3 is 3.00 bits per heavy atom. The van der Waals surface area contributed by atoms with Gasteiger partial charge in [0.15, 0.2) is 0 Å². The predicted molar refractivity (Wildman–Crippen MR) is 111 cm³/mol. The SMILES string of the molecule is COCCNC(=O)Cn1cc(CN2C[C@H]3CCCN3C[C@@H]2C)c2ccccc21. The first-order valence-corrected chi connectivity index (χ1v) is 10.5. The lowest BCUT2D eigenvalue weighted by Gasteiger charge is -2.42. The molecule has 2 aromatic rings. The minimum Gasteiger partial charge on any atom is -0.383 e. The van der Waals surface area contributed by atoms with Crippen LogP contribution in [-0.2, 0) is 22.6 Å². The third-order valence-electron chi connectivity index (χ3n) is 6.25. The molecule has 1 aromatic heterocycles. The molecule has 0 spiro atoms. The van der Waals surface area contributed by atoms with E-state index < -0.39 is 0 Å². The van der Waals surface area contributed by atoms with Crippen LogP contribution in [0.3, 0.4) is 0 Å². The molecule has 2 fully saturated rings. The number of nitrogens with one attached hydrogen (secondary N) is 1. The Morgan fingerprint density at radius 1 is 1.29 bits per heavy atom. The van der Waals surface area contributed by atoms with Crippen molar-refractivity contribution in [3.8, 4) is 0 Å². The summed E-state index contributed by atoms with van der Waals surface area (Å²) in [7, 11) is 1.64. The smallest absolute Gasteiger partial charge is 0.240 e. The van der Waals surface area contributed by atoms with Gasteiger partial charge in [-0.2, -0.15) is 0 Å². The number of nitrogens with zero attached hydrogens (tertiary/aromatic N) is 3. The van der Waals surface area contributed by atoms with Gasteiger partial charge in [0.25, 0.3) is 0 Å². The van der Waals surface area contributed by atoms with Crippen LogP contribution < -0.4 is 5.32 Å². The Bertz CT molecular complexity index is 818. The van der Waals surface area contributed by atoms with E-state index in [0.717, 1.165) is 24.6 Å². The average molecular weight is 385 g/mol. The molecule has 2 aliphatic heterocycles. The Balaban J connectivity index is 1.50. The number of hydrogen-bond donors (Lipinski definition) is 1. The highest BCUT2D eigenvalue weighted by molar-refractivity contribution is 5.86. The number of piperazine rings is 1. The van der Waals surface area contributed by atoms with Gasteiger partial charge in [-0.15, -0.1) is 0 Å². The summed E-state index contributed by atoms with van der Waals surface area (Å²) in [5.41, 5.74) is 2.45. The fraction of sp³-hybridized carbons (Fsp3) is 0.591. The summed E-state index contributed by atoms with van der Waals surface area (Å²) in [6, 6.07) is 9.71. The molecular weight excluding hydrogens is 352 g/mol. The first kappa shape index (κ1) is 19.4. The number of benzene rings is 1. The summed E-state index contributed by atoms with van der Waals surface area (Å²) in [6.45, 7) is 8.31. The number of para-hydroxylation sites is 1. The molecule has 0 unspecified atom stereocenters. The molecule has 0 aliphatic carbocycles. The number of hydrogen-bond acceptors (Lipinski definition) is 4. The Hall–Kier alpha value is -1.89. The van der Waals surface area contributed by atoms with Gasteiger partial charge in [-0.3, -0.25) is 14.6 Å². The molecule has 28 heavy (non-hydrogen) atoms. The van der Waals surface area contributed by atoms with E-state index in [-0.39, 0.29) is 5.91 Å². The Labute approximate surface area is 167 Å². The van der Waals surface area contributed by atoms with Gasteiger partial charge in [0.2, 0.25) is 5.91 Å². The molecule has 0 saturated carbocycles. The number of ether oxygens (including phenoxy) is 1. The van der Waals surface area contributed by atoms with Crippen molar-refractivity contribution in [2.75, 3.05) is 39.9 Å². The normalized spacial score (nSPS) is 23.2. The van der Waals surface area contributed by atoms with Gasteiger partial charge in [-0.05, 0) is 37.9 Å². The molecule has 2 aliphatic rings. The van der Waals surface area contributed by atoms with E-state index >= 15 is 0 Å². The van der Waals surface area contributed by atoms with Gasteiger partial charge in [0.1, 0.15) is 6.54 Å². The molecular formula is C22H32N4O2. The number of carbonyl (C=O) groups excluding carboxylic acids is 1. The van der Waals surface area contributed by atoms with Gasteiger partial charge in [0.05, 0.1) is 6.61 Å². The van der Waals surface area contributed by atoms with Crippen molar-refractivity contribution in [2.24, 2.45) is 0 Å². The molecule has 0 radical (unpaired) electrons. The van der Waals surface area contributed by atoms with Crippen LogP contribution in [-0.4, -0.2) is 72.3 Å². The number of rotatable bonds is 7. The first-order chi connectivity index (χ1) is 13.7. The topological polar surface area (TPSA) is 49.7 Å². The van der Waals surface area contributed by atoms with E-state index in [4.69, 9.17) is 4.74 Å². The van der Waals surface area contributed by atoms with Crippen LogP contribution in [0, 0.1) is 0 Å². The number of carbonyl (C=O) groups is 1. The van der Waals surface area contributed by atoms with E-state index in [1.165, 1.54) is 36.9 Å². The molecule has 1 aromatic carbocycles. The average Bonchev–Trinajstić information content (AvgIpc) is 3.27. The van der Waals surface area contributed by atoms with Crippen molar-refractivity contribution < 1.29 is 9.53 Å². The zero-order valence-corrected chi connectivity index (χ0v) is 17.1. The largest absolute Gasteiger partial charge is 0.383 e. The molecule has 1 amide bonds. The van der Waals surface area contributed by atoms with E-state index in [1.807, 2.05) is 6.07 Å². The van der Waals surface area contributed by atoms with Crippen molar-refractivity contribution in [1.29, 1.82) is 0 Å². The number of aromatic nitrogens is 1. The zero-order valence-electron chi connectivity index (χ0n) is 17.1. The third-order valence-corrected chi connectivity index (χ3v) is 6.25. The second-order valence-electron chi connectivity index (χ2n) is 8.21. The van der Waals surface area contributed by atoms with Gasteiger partial charge < -0.3 is 14.6 Å². The van der Waals surface area contributed by atoms with Crippen LogP contribution in [0.15, 0.2) is 30.5 Å². The standard InChI is InChI=1S/C22H32N4O2/c1-17-12-24-10-5-6-19(24)15-25(17)13-18-14-26(16-22(27)23-9-11-28-2)21-8-4-3-7-20(18)21/h3-4,7-8,14,17,19H,5-6,9-13,15-16H2,1-2H3,(H,23,27)/t17-,19+/m0/s1. The molecule has 1 N–H and O–H groups in total. The van der Waals surface area contributed by atoms with Crippen LogP contribution in [0.1, 0.15) is 25.3 Å². The third kappa shape index (κ3) is 4.09. The molecule has 0 bridgehead atoms. The monoisotopic (exact) mass is 384 g/mol. The van der Waals surface area contributed by atoms with Crippen LogP contribution in [0.4, 0.5) is 0 Å². The van der Waals surface area contributed by atoms with E-state index in [1.54, 1.807) is 7.11 Å². The molecule has 2 atom stereocenters. The minimum absolute atomic E-state index is 0.0253. The lowest BCUT2D eigenvalue weighted by atomic mass is 10.1. The predicted octanol–water partition coefficient (Wildman–Crippen LogP) is 2.07. The van der Waals surface area contributed by atoms with Crippen LogP contribution >= 0.6 is 0 Å². The second-order valence-corrected chi connectivity index (χ2v) is 8.21. The summed E-state index contributed by atoms with van der Waals surface area (Å²) >= 11 is 0. The first-order valence-electron chi connectivity index (χ1n) is 10.5. The Kier molecular flexibility index (Phi) is 5.99. The quantitative estimate of drug-likeness (QED) is 0.743. The van der Waals surface area contributed by atoms with Gasteiger partial charge in [-0.1, -0.05) is 18.2 Å². The molecule has 152 valence electrons. The zero-order chi connectivity index (χ0) is 19.5. The number of methoxy groups -OCH3 is 1. The maximum atomic E-state index is 12.3. The molecule has 3 heterocycles. The van der Waals surface area contributed by atoms with Gasteiger partial charge in [0, 0.05) is 62.5 Å². The van der Waals surface area contributed by atoms with E-state index in [9.17, 15) is 4.79 Å².